The largest absolute Gasteiger partial charge is 0.487 e. The Morgan fingerprint density at radius 1 is 1.19 bits per heavy atom. The molecule has 136 valence electrons. The zero-order valence-corrected chi connectivity index (χ0v) is 14.8. The lowest BCUT2D eigenvalue weighted by atomic mass is 10.2. The molecule has 0 radical (unpaired) electrons. The fourth-order valence-corrected chi connectivity index (χ4v) is 2.89. The summed E-state index contributed by atoms with van der Waals surface area (Å²) in [6.45, 7) is 1.75. The van der Waals surface area contributed by atoms with Crippen molar-refractivity contribution in [1.29, 1.82) is 0 Å². The van der Waals surface area contributed by atoms with Gasteiger partial charge in [-0.25, -0.2) is 0 Å². The van der Waals surface area contributed by atoms with Gasteiger partial charge in [0.15, 0.2) is 0 Å². The number of carbonyl (C=O) groups is 1. The van der Waals surface area contributed by atoms with Crippen molar-refractivity contribution in [2.75, 3.05) is 13.1 Å². The van der Waals surface area contributed by atoms with Gasteiger partial charge in [0.1, 0.15) is 12.4 Å². The Balaban J connectivity index is 1.51. The molecule has 1 unspecified atom stereocenters. The number of hydrogen-bond donors (Lipinski definition) is 1. The first-order valence-corrected chi connectivity index (χ1v) is 8.98. The molecule has 0 saturated carbocycles. The normalized spacial score (nSPS) is 17.9. The van der Waals surface area contributed by atoms with Gasteiger partial charge in [-0.15, -0.1) is 0 Å². The average Bonchev–Trinajstić information content (AvgIpc) is 2.91. The number of carbonyl (C=O) groups excluding carboxylic acids is 1. The van der Waals surface area contributed by atoms with Crippen molar-refractivity contribution in [3.05, 3.63) is 66.0 Å². The molecule has 1 aromatic carbocycles. The van der Waals surface area contributed by atoms with Crippen LogP contribution in [0.2, 0.25) is 0 Å². The van der Waals surface area contributed by atoms with Crippen LogP contribution in [0.15, 0.2) is 54.7 Å². The molecule has 5 heteroatoms. The molecular formula is C21H24N2O3. The van der Waals surface area contributed by atoms with E-state index in [1.165, 1.54) is 0 Å². The van der Waals surface area contributed by atoms with E-state index in [1.807, 2.05) is 48.5 Å². The maximum absolute atomic E-state index is 12.3. The molecule has 0 bridgehead atoms. The maximum atomic E-state index is 12.3. The Labute approximate surface area is 153 Å². The van der Waals surface area contributed by atoms with Crippen LogP contribution in [0.25, 0.3) is 6.08 Å². The lowest BCUT2D eigenvalue weighted by molar-refractivity contribution is -0.125. The van der Waals surface area contributed by atoms with E-state index in [0.717, 1.165) is 29.8 Å². The summed E-state index contributed by atoms with van der Waals surface area (Å²) in [5, 5.41) is 9.67. The summed E-state index contributed by atoms with van der Waals surface area (Å²) in [6.07, 6.45) is 7.15. The summed E-state index contributed by atoms with van der Waals surface area (Å²) in [4.78, 5) is 18.3. The number of aromatic nitrogens is 1. The molecule has 2 heterocycles. The summed E-state index contributed by atoms with van der Waals surface area (Å²) in [7, 11) is 0. The number of hydrogen-bond acceptors (Lipinski definition) is 4. The molecule has 5 nitrogen and oxygen atoms in total. The average molecular weight is 352 g/mol. The molecular weight excluding hydrogens is 328 g/mol. The fourth-order valence-electron chi connectivity index (χ4n) is 2.89. The van der Waals surface area contributed by atoms with E-state index in [9.17, 15) is 9.90 Å². The number of benzene rings is 1. The Kier molecular flexibility index (Phi) is 6.39. The predicted octanol–water partition coefficient (Wildman–Crippen LogP) is 3.05. The maximum Gasteiger partial charge on any atom is 0.246 e. The Morgan fingerprint density at radius 2 is 2.04 bits per heavy atom. The van der Waals surface area contributed by atoms with Crippen molar-refractivity contribution >= 4 is 12.0 Å². The van der Waals surface area contributed by atoms with Crippen LogP contribution in [0, 0.1) is 0 Å². The number of amides is 1. The fraction of sp³-hybridized carbons (Fsp3) is 0.333. The zero-order valence-electron chi connectivity index (χ0n) is 14.8. The highest BCUT2D eigenvalue weighted by Crippen LogP contribution is 2.15. The van der Waals surface area contributed by atoms with Crippen molar-refractivity contribution in [3.63, 3.8) is 0 Å². The van der Waals surface area contributed by atoms with Crippen LogP contribution >= 0.6 is 0 Å². The van der Waals surface area contributed by atoms with Gasteiger partial charge in [-0.2, -0.15) is 0 Å². The highest BCUT2D eigenvalue weighted by molar-refractivity contribution is 5.91. The molecule has 1 N–H and O–H groups in total. The van der Waals surface area contributed by atoms with Gasteiger partial charge in [-0.3, -0.25) is 9.78 Å². The minimum atomic E-state index is -0.282. The molecule has 2 aromatic rings. The van der Waals surface area contributed by atoms with Gasteiger partial charge >= 0.3 is 0 Å². The monoisotopic (exact) mass is 352 g/mol. The third kappa shape index (κ3) is 5.43. The smallest absolute Gasteiger partial charge is 0.246 e. The van der Waals surface area contributed by atoms with E-state index < -0.39 is 0 Å². The molecule has 1 aliphatic rings. The topological polar surface area (TPSA) is 62.7 Å². The summed E-state index contributed by atoms with van der Waals surface area (Å²) in [6, 6.07) is 13.3. The van der Waals surface area contributed by atoms with Gasteiger partial charge in [0.2, 0.25) is 5.91 Å². The lowest BCUT2D eigenvalue weighted by Gasteiger charge is -2.18. The summed E-state index contributed by atoms with van der Waals surface area (Å²) in [5.74, 6) is 0.759. The molecule has 3 rings (SSSR count). The summed E-state index contributed by atoms with van der Waals surface area (Å²) < 4.78 is 5.71. The minimum Gasteiger partial charge on any atom is -0.487 e. The second kappa shape index (κ2) is 9.15. The quantitative estimate of drug-likeness (QED) is 0.840. The van der Waals surface area contributed by atoms with Crippen LogP contribution in [0.1, 0.15) is 30.5 Å². The second-order valence-electron chi connectivity index (χ2n) is 6.42. The number of ether oxygens (including phenoxy) is 1. The van der Waals surface area contributed by atoms with Crippen LogP contribution in [-0.4, -0.2) is 40.1 Å². The van der Waals surface area contributed by atoms with Gasteiger partial charge in [-0.1, -0.05) is 18.2 Å². The number of rotatable bonds is 5. The first kappa shape index (κ1) is 18.1. The van der Waals surface area contributed by atoms with Gasteiger partial charge < -0.3 is 14.7 Å². The Morgan fingerprint density at radius 3 is 2.81 bits per heavy atom. The first-order valence-electron chi connectivity index (χ1n) is 8.98. The molecule has 1 atom stereocenters. The standard InChI is InChI=1S/C21H24N2O3/c24-19-5-3-14-23(15-12-19)21(25)11-8-17-6-9-20(10-7-17)26-16-18-4-1-2-13-22-18/h1-2,4,6-11,13,19,24H,3,5,12,14-16H2/b11-8+. The van der Waals surface area contributed by atoms with Crippen molar-refractivity contribution in [1.82, 2.24) is 9.88 Å². The van der Waals surface area contributed by atoms with Crippen LogP contribution in [0.3, 0.4) is 0 Å². The molecule has 1 fully saturated rings. The summed E-state index contributed by atoms with van der Waals surface area (Å²) in [5.41, 5.74) is 1.82. The van der Waals surface area contributed by atoms with E-state index in [4.69, 9.17) is 4.74 Å². The molecule has 1 amide bonds. The molecule has 26 heavy (non-hydrogen) atoms. The van der Waals surface area contributed by atoms with Gasteiger partial charge in [0, 0.05) is 25.4 Å². The van der Waals surface area contributed by atoms with E-state index in [-0.39, 0.29) is 12.0 Å². The first-order chi connectivity index (χ1) is 12.7. The zero-order chi connectivity index (χ0) is 18.2. The minimum absolute atomic E-state index is 0.00502. The number of pyridine rings is 1. The second-order valence-corrected chi connectivity index (χ2v) is 6.42. The molecule has 1 aromatic heterocycles. The van der Waals surface area contributed by atoms with E-state index in [2.05, 4.69) is 4.98 Å². The SMILES string of the molecule is O=C(/C=C/c1ccc(OCc2ccccn2)cc1)N1CCCC(O)CC1. The van der Waals surface area contributed by atoms with Crippen LogP contribution in [0.4, 0.5) is 0 Å². The van der Waals surface area contributed by atoms with Crippen molar-refractivity contribution in [3.8, 4) is 5.75 Å². The highest BCUT2D eigenvalue weighted by Gasteiger charge is 2.17. The number of aliphatic hydroxyl groups is 1. The van der Waals surface area contributed by atoms with E-state index >= 15 is 0 Å². The third-order valence-electron chi connectivity index (χ3n) is 4.42. The van der Waals surface area contributed by atoms with E-state index in [0.29, 0.717) is 26.1 Å². The van der Waals surface area contributed by atoms with Gasteiger partial charge in [-0.05, 0) is 55.2 Å². The van der Waals surface area contributed by atoms with Crippen LogP contribution in [-0.2, 0) is 11.4 Å². The van der Waals surface area contributed by atoms with Crippen LogP contribution in [0.5, 0.6) is 5.75 Å². The van der Waals surface area contributed by atoms with Crippen molar-refractivity contribution < 1.29 is 14.6 Å². The number of aliphatic hydroxyl groups excluding tert-OH is 1. The predicted molar refractivity (Wildman–Crippen MR) is 100 cm³/mol. The Hall–Kier alpha value is -2.66. The molecule has 1 saturated heterocycles. The van der Waals surface area contributed by atoms with Gasteiger partial charge in [0.25, 0.3) is 0 Å². The Bertz CT molecular complexity index is 729. The molecule has 0 aliphatic carbocycles. The van der Waals surface area contributed by atoms with Gasteiger partial charge in [0.05, 0.1) is 11.8 Å². The van der Waals surface area contributed by atoms with Crippen molar-refractivity contribution in [2.45, 2.75) is 32.0 Å². The lowest BCUT2D eigenvalue weighted by Crippen LogP contribution is -2.30. The third-order valence-corrected chi connectivity index (χ3v) is 4.42. The molecule has 0 spiro atoms. The number of likely N-dealkylation sites (tertiary alicyclic amines) is 1. The summed E-state index contributed by atoms with van der Waals surface area (Å²) >= 11 is 0. The van der Waals surface area contributed by atoms with Crippen molar-refractivity contribution in [2.24, 2.45) is 0 Å². The molecule has 1 aliphatic heterocycles. The van der Waals surface area contributed by atoms with Crippen LogP contribution < -0.4 is 4.74 Å². The highest BCUT2D eigenvalue weighted by atomic mass is 16.5. The number of nitrogens with zero attached hydrogens (tertiary/aromatic N) is 2. The van der Waals surface area contributed by atoms with E-state index in [1.54, 1.807) is 17.2 Å².